The monoisotopic (exact) mass is 290 g/mol. The molecule has 1 aromatic heterocycles. The van der Waals surface area contributed by atoms with Gasteiger partial charge in [0.05, 0.1) is 12.7 Å². The van der Waals surface area contributed by atoms with Gasteiger partial charge in [-0.2, -0.15) is 5.26 Å². The molecule has 0 amide bonds. The molecule has 0 saturated carbocycles. The third-order valence-electron chi connectivity index (χ3n) is 1.73. The fourth-order valence-electron chi connectivity index (χ4n) is 1.03. The van der Waals surface area contributed by atoms with Gasteiger partial charge in [0.1, 0.15) is 21.9 Å². The number of esters is 1. The number of halogens is 3. The van der Waals surface area contributed by atoms with Crippen LogP contribution in [0.4, 0.5) is 8.78 Å². The Morgan fingerprint density at radius 3 is 2.75 bits per heavy atom. The van der Waals surface area contributed by atoms with Crippen molar-refractivity contribution in [3.05, 3.63) is 27.5 Å². The second kappa shape index (κ2) is 4.99. The van der Waals surface area contributed by atoms with Gasteiger partial charge in [-0.1, -0.05) is 0 Å². The fourth-order valence-corrected chi connectivity index (χ4v) is 1.61. The molecule has 0 fully saturated rings. The minimum Gasteiger partial charge on any atom is -0.465 e. The van der Waals surface area contributed by atoms with Gasteiger partial charge in [0.15, 0.2) is 0 Å². The first kappa shape index (κ1) is 12.5. The van der Waals surface area contributed by atoms with Crippen LogP contribution in [0.2, 0.25) is 0 Å². The number of nitriles is 1. The maximum atomic E-state index is 12.4. The summed E-state index contributed by atoms with van der Waals surface area (Å²) >= 11 is 2.85. The molecule has 0 aliphatic heterocycles. The Labute approximate surface area is 98.0 Å². The number of methoxy groups -OCH3 is 1. The smallest absolute Gasteiger partial charge is 0.341 e. The lowest BCUT2D eigenvalue weighted by Gasteiger charge is -2.06. The Morgan fingerprint density at radius 2 is 2.31 bits per heavy atom. The second-order valence-electron chi connectivity index (χ2n) is 2.66. The summed E-state index contributed by atoms with van der Waals surface area (Å²) in [5.74, 6) is -0.809. The number of nitrogens with zero attached hydrogens (tertiary/aromatic N) is 2. The molecule has 84 valence electrons. The van der Waals surface area contributed by atoms with Gasteiger partial charge in [-0.15, -0.1) is 0 Å². The molecule has 1 rings (SSSR count). The summed E-state index contributed by atoms with van der Waals surface area (Å²) in [5, 5.41) is 8.74. The molecule has 0 unspecified atom stereocenters. The summed E-state index contributed by atoms with van der Waals surface area (Å²) in [4.78, 5) is 14.7. The molecule has 1 aromatic rings. The summed E-state index contributed by atoms with van der Waals surface area (Å²) in [6.45, 7) is 0. The highest BCUT2D eigenvalue weighted by Crippen LogP contribution is 2.25. The molecule has 0 aromatic carbocycles. The van der Waals surface area contributed by atoms with E-state index in [-0.39, 0.29) is 15.7 Å². The van der Waals surface area contributed by atoms with Crippen molar-refractivity contribution in [2.45, 2.75) is 6.43 Å². The van der Waals surface area contributed by atoms with E-state index in [9.17, 15) is 13.6 Å². The number of hydrogen-bond donors (Lipinski definition) is 0. The van der Waals surface area contributed by atoms with Gasteiger partial charge in [-0.3, -0.25) is 0 Å². The average molecular weight is 291 g/mol. The van der Waals surface area contributed by atoms with Crippen molar-refractivity contribution in [1.29, 1.82) is 5.26 Å². The van der Waals surface area contributed by atoms with E-state index in [4.69, 9.17) is 5.26 Å². The van der Waals surface area contributed by atoms with Crippen LogP contribution in [-0.2, 0) is 4.74 Å². The topological polar surface area (TPSA) is 63.0 Å². The van der Waals surface area contributed by atoms with Crippen LogP contribution in [0.5, 0.6) is 0 Å². The predicted octanol–water partition coefficient (Wildman–Crippen LogP) is 2.44. The number of alkyl halides is 2. The number of carbonyl (C=O) groups excluding carboxylic acids is 1. The maximum Gasteiger partial charge on any atom is 0.341 e. The van der Waals surface area contributed by atoms with E-state index in [0.29, 0.717) is 0 Å². The van der Waals surface area contributed by atoms with Crippen LogP contribution in [0.3, 0.4) is 0 Å². The zero-order valence-corrected chi connectivity index (χ0v) is 9.59. The molecule has 0 N–H and O–H groups in total. The van der Waals surface area contributed by atoms with E-state index in [2.05, 4.69) is 25.7 Å². The lowest BCUT2D eigenvalue weighted by molar-refractivity contribution is 0.0598. The van der Waals surface area contributed by atoms with E-state index < -0.39 is 18.1 Å². The Balaban J connectivity index is 3.42. The van der Waals surface area contributed by atoms with Gasteiger partial charge in [-0.25, -0.2) is 18.6 Å². The zero-order chi connectivity index (χ0) is 12.3. The largest absolute Gasteiger partial charge is 0.465 e. The van der Waals surface area contributed by atoms with Gasteiger partial charge in [0.25, 0.3) is 6.43 Å². The van der Waals surface area contributed by atoms with Gasteiger partial charge < -0.3 is 4.74 Å². The first-order valence-corrected chi connectivity index (χ1v) is 4.77. The molecule has 7 heteroatoms. The van der Waals surface area contributed by atoms with Crippen molar-refractivity contribution in [2.24, 2.45) is 0 Å². The molecule has 1 heterocycles. The highest BCUT2D eigenvalue weighted by Gasteiger charge is 2.21. The van der Waals surface area contributed by atoms with Crippen LogP contribution in [0.1, 0.15) is 28.0 Å². The van der Waals surface area contributed by atoms with E-state index in [1.54, 1.807) is 6.07 Å². The highest BCUT2D eigenvalue weighted by atomic mass is 79.9. The molecule has 0 aliphatic rings. The second-order valence-corrected chi connectivity index (χ2v) is 3.42. The predicted molar refractivity (Wildman–Crippen MR) is 52.9 cm³/mol. The number of rotatable bonds is 2. The molecule has 0 atom stereocenters. The summed E-state index contributed by atoms with van der Waals surface area (Å²) in [7, 11) is 1.12. The summed E-state index contributed by atoms with van der Waals surface area (Å²) in [6.07, 6.45) is -2.81. The van der Waals surface area contributed by atoms with E-state index >= 15 is 0 Å². The van der Waals surface area contributed by atoms with Crippen molar-refractivity contribution in [2.75, 3.05) is 7.11 Å². The van der Waals surface area contributed by atoms with Crippen LogP contribution >= 0.6 is 15.9 Å². The molecular weight excluding hydrogens is 286 g/mol. The number of pyridine rings is 1. The van der Waals surface area contributed by atoms with E-state index in [1.165, 1.54) is 0 Å². The SMILES string of the molecule is COC(=O)c1c(C#N)cc(C(F)F)nc1Br. The molecule has 0 aliphatic carbocycles. The first-order chi connectivity index (χ1) is 7.51. The number of aromatic nitrogens is 1. The zero-order valence-electron chi connectivity index (χ0n) is 8.00. The molecule has 0 saturated heterocycles. The lowest BCUT2D eigenvalue weighted by atomic mass is 10.1. The normalized spacial score (nSPS) is 10.0. The van der Waals surface area contributed by atoms with E-state index in [0.717, 1.165) is 13.2 Å². The van der Waals surface area contributed by atoms with Gasteiger partial charge in [0.2, 0.25) is 0 Å². The van der Waals surface area contributed by atoms with Crippen LogP contribution in [0.25, 0.3) is 0 Å². The van der Waals surface area contributed by atoms with Crippen molar-refractivity contribution >= 4 is 21.9 Å². The third kappa shape index (κ3) is 2.33. The average Bonchev–Trinajstić information content (AvgIpc) is 2.26. The minimum atomic E-state index is -2.81. The Hall–Kier alpha value is -1.55. The number of carbonyl (C=O) groups is 1. The quantitative estimate of drug-likeness (QED) is 0.620. The maximum absolute atomic E-state index is 12.4. The highest BCUT2D eigenvalue weighted by molar-refractivity contribution is 9.10. The molecule has 0 radical (unpaired) electrons. The summed E-state index contributed by atoms with van der Waals surface area (Å²) in [5.41, 5.74) is -0.936. The minimum absolute atomic E-state index is 0.131. The van der Waals surface area contributed by atoms with Crippen molar-refractivity contribution in [3.8, 4) is 6.07 Å². The van der Waals surface area contributed by atoms with Gasteiger partial charge in [-0.05, 0) is 22.0 Å². The van der Waals surface area contributed by atoms with Crippen LogP contribution in [-0.4, -0.2) is 18.1 Å². The Bertz CT molecular complexity index is 471. The van der Waals surface area contributed by atoms with Crippen molar-refractivity contribution in [1.82, 2.24) is 4.98 Å². The summed E-state index contributed by atoms with van der Waals surface area (Å²) in [6, 6.07) is 2.51. The first-order valence-electron chi connectivity index (χ1n) is 3.98. The molecule has 4 nitrogen and oxygen atoms in total. The molecule has 0 spiro atoms. The Kier molecular flexibility index (Phi) is 3.90. The Morgan fingerprint density at radius 1 is 1.69 bits per heavy atom. The summed E-state index contributed by atoms with van der Waals surface area (Å²) < 4.78 is 29.0. The number of ether oxygens (including phenoxy) is 1. The van der Waals surface area contributed by atoms with Gasteiger partial charge >= 0.3 is 5.97 Å². The van der Waals surface area contributed by atoms with Crippen LogP contribution in [0, 0.1) is 11.3 Å². The molecular formula is C9H5BrF2N2O2. The van der Waals surface area contributed by atoms with Crippen molar-refractivity contribution < 1.29 is 18.3 Å². The van der Waals surface area contributed by atoms with Gasteiger partial charge in [0, 0.05) is 0 Å². The third-order valence-corrected chi connectivity index (χ3v) is 2.30. The standard InChI is InChI=1S/C9H5BrF2N2O2/c1-16-9(15)6-4(3-13)2-5(8(11)12)14-7(6)10/h2,8H,1H3. The van der Waals surface area contributed by atoms with Crippen molar-refractivity contribution in [3.63, 3.8) is 0 Å². The number of hydrogen-bond acceptors (Lipinski definition) is 4. The fraction of sp³-hybridized carbons (Fsp3) is 0.222. The lowest BCUT2D eigenvalue weighted by Crippen LogP contribution is -2.08. The molecule has 16 heavy (non-hydrogen) atoms. The van der Waals surface area contributed by atoms with E-state index in [1.807, 2.05) is 0 Å². The van der Waals surface area contributed by atoms with Crippen LogP contribution < -0.4 is 0 Å². The molecule has 0 bridgehead atoms. The van der Waals surface area contributed by atoms with Crippen LogP contribution in [0.15, 0.2) is 10.7 Å².